The third-order valence-electron chi connectivity index (χ3n) is 2.79. The van der Waals surface area contributed by atoms with Gasteiger partial charge >= 0.3 is 5.69 Å². The molecule has 0 radical (unpaired) electrons. The first-order valence-corrected chi connectivity index (χ1v) is 7.30. The fourth-order valence-corrected chi connectivity index (χ4v) is 2.19. The van der Waals surface area contributed by atoms with Crippen molar-refractivity contribution in [2.24, 2.45) is 0 Å². The second-order valence-electron chi connectivity index (χ2n) is 4.40. The summed E-state index contributed by atoms with van der Waals surface area (Å²) in [4.78, 5) is 10.5. The fraction of sp³-hybridized carbons (Fsp3) is 0.200. The molecule has 0 N–H and O–H groups in total. The van der Waals surface area contributed by atoms with Gasteiger partial charge in [-0.25, -0.2) is 0 Å². The van der Waals surface area contributed by atoms with Crippen LogP contribution in [0.2, 0.25) is 10.0 Å². The first kappa shape index (κ1) is 17.3. The first-order valence-electron chi connectivity index (χ1n) is 6.54. The van der Waals surface area contributed by atoms with Crippen molar-refractivity contribution in [2.75, 3.05) is 20.3 Å². The van der Waals surface area contributed by atoms with Gasteiger partial charge in [0.15, 0.2) is 0 Å². The molecular formula is C15H13Cl2NO5. The number of methoxy groups -OCH3 is 1. The van der Waals surface area contributed by atoms with Gasteiger partial charge < -0.3 is 14.2 Å². The quantitative estimate of drug-likeness (QED) is 0.407. The topological polar surface area (TPSA) is 70.8 Å². The number of hydrogen-bond acceptors (Lipinski definition) is 5. The van der Waals surface area contributed by atoms with E-state index in [1.807, 2.05) is 0 Å². The van der Waals surface area contributed by atoms with Crippen LogP contribution in [-0.2, 0) is 4.74 Å². The van der Waals surface area contributed by atoms with Crippen LogP contribution in [0.25, 0.3) is 0 Å². The minimum atomic E-state index is -0.527. The summed E-state index contributed by atoms with van der Waals surface area (Å²) < 4.78 is 15.8. The summed E-state index contributed by atoms with van der Waals surface area (Å²) in [5.41, 5.74) is -0.157. The molecule has 0 unspecified atom stereocenters. The number of rotatable bonds is 7. The fourth-order valence-electron chi connectivity index (χ4n) is 1.74. The molecule has 23 heavy (non-hydrogen) atoms. The molecule has 2 rings (SSSR count). The van der Waals surface area contributed by atoms with Gasteiger partial charge in [0.05, 0.1) is 16.6 Å². The molecule has 0 spiro atoms. The lowest BCUT2D eigenvalue weighted by Gasteiger charge is -2.10. The zero-order valence-corrected chi connectivity index (χ0v) is 13.6. The summed E-state index contributed by atoms with van der Waals surface area (Å²) >= 11 is 11.9. The van der Waals surface area contributed by atoms with Crippen LogP contribution in [0.3, 0.4) is 0 Å². The van der Waals surface area contributed by atoms with Crippen molar-refractivity contribution < 1.29 is 19.1 Å². The van der Waals surface area contributed by atoms with Crippen molar-refractivity contribution in [3.8, 4) is 17.2 Å². The maximum Gasteiger partial charge on any atom is 0.311 e. The molecule has 0 fully saturated rings. The van der Waals surface area contributed by atoms with Gasteiger partial charge in [-0.15, -0.1) is 0 Å². The Morgan fingerprint density at radius 3 is 2.52 bits per heavy atom. The highest BCUT2D eigenvalue weighted by atomic mass is 35.5. The van der Waals surface area contributed by atoms with Gasteiger partial charge in [0.2, 0.25) is 5.75 Å². The number of hydrogen-bond donors (Lipinski definition) is 0. The van der Waals surface area contributed by atoms with Crippen LogP contribution in [0.15, 0.2) is 36.4 Å². The van der Waals surface area contributed by atoms with Gasteiger partial charge in [0.25, 0.3) is 0 Å². The van der Waals surface area contributed by atoms with Crippen LogP contribution >= 0.6 is 23.2 Å². The molecule has 8 heteroatoms. The molecule has 2 aromatic rings. The Kier molecular flexibility index (Phi) is 6.04. The van der Waals surface area contributed by atoms with Crippen molar-refractivity contribution in [2.45, 2.75) is 0 Å². The summed E-state index contributed by atoms with van der Waals surface area (Å²) in [7, 11) is 1.51. The summed E-state index contributed by atoms with van der Waals surface area (Å²) in [5, 5.41) is 11.8. The number of nitrogens with zero attached hydrogens (tertiary/aromatic N) is 1. The van der Waals surface area contributed by atoms with Gasteiger partial charge in [-0.1, -0.05) is 23.2 Å². The maximum atomic E-state index is 11.0. The molecule has 0 aliphatic carbocycles. The third-order valence-corrected chi connectivity index (χ3v) is 3.33. The molecule has 6 nitrogen and oxygen atoms in total. The number of nitro benzene ring substituents is 1. The molecule has 2 aromatic carbocycles. The Morgan fingerprint density at radius 2 is 1.87 bits per heavy atom. The highest BCUT2D eigenvalue weighted by Gasteiger charge is 2.17. The Balaban J connectivity index is 2.25. The molecule has 0 aromatic heterocycles. The van der Waals surface area contributed by atoms with Crippen LogP contribution in [0, 0.1) is 10.1 Å². The predicted octanol–water partition coefficient (Wildman–Crippen LogP) is 4.72. The van der Waals surface area contributed by atoms with Gasteiger partial charge in [0.1, 0.15) is 18.1 Å². The van der Waals surface area contributed by atoms with E-state index in [4.69, 9.17) is 37.4 Å². The standard InChI is InChI=1S/C15H13Cl2NO5/c1-21-6-7-22-15-9-11(3-4-13(15)18(19)20)23-14-5-2-10(16)8-12(14)17/h2-5,8-9H,6-7H2,1H3. The Labute approximate surface area is 142 Å². The van der Waals surface area contributed by atoms with E-state index in [0.717, 1.165) is 0 Å². The van der Waals surface area contributed by atoms with E-state index in [1.165, 1.54) is 25.3 Å². The molecule has 0 aliphatic heterocycles. The Morgan fingerprint density at radius 1 is 1.09 bits per heavy atom. The molecule has 0 heterocycles. The van der Waals surface area contributed by atoms with Crippen molar-refractivity contribution in [1.82, 2.24) is 0 Å². The van der Waals surface area contributed by atoms with Gasteiger partial charge in [-0.05, 0) is 24.3 Å². The monoisotopic (exact) mass is 357 g/mol. The van der Waals surface area contributed by atoms with Crippen LogP contribution in [0.1, 0.15) is 0 Å². The van der Waals surface area contributed by atoms with E-state index < -0.39 is 4.92 Å². The zero-order chi connectivity index (χ0) is 16.8. The van der Waals surface area contributed by atoms with Crippen molar-refractivity contribution >= 4 is 28.9 Å². The molecule has 0 aliphatic rings. The number of benzene rings is 2. The average Bonchev–Trinajstić information content (AvgIpc) is 2.50. The lowest BCUT2D eigenvalue weighted by Crippen LogP contribution is -2.06. The van der Waals surface area contributed by atoms with Gasteiger partial charge in [-0.3, -0.25) is 10.1 Å². The van der Waals surface area contributed by atoms with E-state index >= 15 is 0 Å². The van der Waals surface area contributed by atoms with E-state index in [-0.39, 0.29) is 18.0 Å². The second-order valence-corrected chi connectivity index (χ2v) is 5.25. The predicted molar refractivity (Wildman–Crippen MR) is 87.0 cm³/mol. The Bertz CT molecular complexity index is 708. The molecule has 0 saturated heterocycles. The van der Waals surface area contributed by atoms with Crippen LogP contribution in [-0.4, -0.2) is 25.2 Å². The zero-order valence-electron chi connectivity index (χ0n) is 12.1. The average molecular weight is 358 g/mol. The lowest BCUT2D eigenvalue weighted by atomic mass is 10.2. The number of ether oxygens (including phenoxy) is 3. The van der Waals surface area contributed by atoms with E-state index in [9.17, 15) is 10.1 Å². The van der Waals surface area contributed by atoms with Crippen LogP contribution in [0.4, 0.5) is 5.69 Å². The van der Waals surface area contributed by atoms with Crippen molar-refractivity contribution in [3.05, 3.63) is 56.6 Å². The molecule has 122 valence electrons. The van der Waals surface area contributed by atoms with Crippen LogP contribution < -0.4 is 9.47 Å². The SMILES string of the molecule is COCCOc1cc(Oc2ccc(Cl)cc2Cl)ccc1[N+](=O)[O-]. The summed E-state index contributed by atoms with van der Waals surface area (Å²) in [6.45, 7) is 0.494. The van der Waals surface area contributed by atoms with Crippen molar-refractivity contribution in [3.63, 3.8) is 0 Å². The second kappa shape index (κ2) is 8.01. The van der Waals surface area contributed by atoms with Crippen molar-refractivity contribution in [1.29, 1.82) is 0 Å². The third kappa shape index (κ3) is 4.72. The molecule has 0 atom stereocenters. The van der Waals surface area contributed by atoms with Crippen LogP contribution in [0.5, 0.6) is 17.2 Å². The van der Waals surface area contributed by atoms with Gasteiger partial charge in [-0.2, -0.15) is 0 Å². The number of halogens is 2. The Hall–Kier alpha value is -2.02. The minimum absolute atomic E-state index is 0.0923. The highest BCUT2D eigenvalue weighted by Crippen LogP contribution is 2.36. The van der Waals surface area contributed by atoms with E-state index in [0.29, 0.717) is 28.2 Å². The smallest absolute Gasteiger partial charge is 0.311 e. The summed E-state index contributed by atoms with van der Waals surface area (Å²) in [6.07, 6.45) is 0. The van der Waals surface area contributed by atoms with E-state index in [2.05, 4.69) is 0 Å². The van der Waals surface area contributed by atoms with Gasteiger partial charge in [0, 0.05) is 24.3 Å². The lowest BCUT2D eigenvalue weighted by molar-refractivity contribution is -0.385. The molecular weight excluding hydrogens is 345 g/mol. The highest BCUT2D eigenvalue weighted by molar-refractivity contribution is 6.35. The largest absolute Gasteiger partial charge is 0.484 e. The number of nitro groups is 1. The normalized spacial score (nSPS) is 10.4. The van der Waals surface area contributed by atoms with E-state index in [1.54, 1.807) is 18.2 Å². The minimum Gasteiger partial charge on any atom is -0.484 e. The molecule has 0 saturated carbocycles. The molecule has 0 amide bonds. The summed E-state index contributed by atoms with van der Waals surface area (Å²) in [5.74, 6) is 0.828. The maximum absolute atomic E-state index is 11.0. The first-order chi connectivity index (χ1) is 11.0. The molecule has 0 bridgehead atoms. The summed E-state index contributed by atoms with van der Waals surface area (Å²) in [6, 6.07) is 8.98.